The second-order valence-electron chi connectivity index (χ2n) is 6.48. The zero-order valence-electron chi connectivity index (χ0n) is 16.8. The predicted octanol–water partition coefficient (Wildman–Crippen LogP) is -0.550. The molecule has 0 amide bonds. The number of sulfonamides is 1. The number of hydrogen-bond donors (Lipinski definition) is 4. The van der Waals surface area contributed by atoms with Crippen LogP contribution in [0.25, 0.3) is 0 Å². The summed E-state index contributed by atoms with van der Waals surface area (Å²) in [6.45, 7) is 2.44. The largest absolute Gasteiger partial charge is 0.479 e. The molecule has 0 aliphatic heterocycles. The van der Waals surface area contributed by atoms with Gasteiger partial charge in [0.2, 0.25) is 15.7 Å². The smallest absolute Gasteiger partial charge is 0.344 e. The number of aliphatic carboxylic acids is 1. The molecule has 1 aromatic rings. The normalized spacial score (nSPS) is 13.9. The number of hydrogen-bond acceptors (Lipinski definition) is 9. The van der Waals surface area contributed by atoms with Crippen molar-refractivity contribution >= 4 is 27.9 Å². The summed E-state index contributed by atoms with van der Waals surface area (Å²) >= 11 is 0. The molecule has 0 saturated carbocycles. The van der Waals surface area contributed by atoms with Crippen LogP contribution in [0.1, 0.15) is 32.3 Å². The fourth-order valence-electron chi connectivity index (χ4n) is 2.32. The number of benzene rings is 1. The quantitative estimate of drug-likeness (QED) is 0.141. The Balaban J connectivity index is 3.39. The number of unbranched alkanes of at least 4 members (excludes halogenated alkanes) is 1. The number of nitrogens with two attached hydrogens (primary N) is 2. The number of rotatable bonds is 12. The summed E-state index contributed by atoms with van der Waals surface area (Å²) in [6, 6.07) is 8.18. The molecule has 0 heterocycles. The summed E-state index contributed by atoms with van der Waals surface area (Å²) in [5.74, 6) is -5.87. The Kier molecular flexibility index (Phi) is 8.90. The van der Waals surface area contributed by atoms with Gasteiger partial charge < -0.3 is 26.0 Å². The fourth-order valence-corrected chi connectivity index (χ4v) is 3.27. The highest BCUT2D eigenvalue weighted by Crippen LogP contribution is 2.23. The van der Waals surface area contributed by atoms with Crippen molar-refractivity contribution < 1.29 is 37.4 Å². The van der Waals surface area contributed by atoms with Crippen molar-refractivity contribution in [2.45, 2.75) is 44.5 Å². The highest BCUT2D eigenvalue weighted by Gasteiger charge is 2.67. The van der Waals surface area contributed by atoms with Crippen LogP contribution in [0, 0.1) is 0 Å². The van der Waals surface area contributed by atoms with Crippen molar-refractivity contribution in [1.29, 1.82) is 0 Å². The Bertz CT molecular complexity index is 857. The molecule has 1 atom stereocenters. The number of esters is 2. The standard InChI is InChI=1S/C18H27N3O8S/c1-3-5-11-28-16(25)18(19,20)17(14(22)23,21-30(26,27)4-2)15(24)29-12-13-9-7-6-8-10-13/h6-10,21H,3-5,11-12,19-20H2,1-2H3,(H,22,23)/t17-/m0/s1. The number of carbonyl (C=O) groups is 3. The van der Waals surface area contributed by atoms with Gasteiger partial charge in [0.15, 0.2) is 0 Å². The average molecular weight is 445 g/mol. The first-order chi connectivity index (χ1) is 13.9. The molecule has 1 rings (SSSR count). The molecule has 0 bridgehead atoms. The molecule has 0 aliphatic rings. The summed E-state index contributed by atoms with van der Waals surface area (Å²) in [4.78, 5) is 37.5. The summed E-state index contributed by atoms with van der Waals surface area (Å²) in [6.07, 6.45) is 1.06. The number of ether oxygens (including phenoxy) is 2. The molecule has 0 spiro atoms. The first kappa shape index (κ1) is 25.5. The Morgan fingerprint density at radius 2 is 1.67 bits per heavy atom. The van der Waals surface area contributed by atoms with Crippen LogP contribution in [-0.2, 0) is 40.5 Å². The third-order valence-electron chi connectivity index (χ3n) is 4.22. The topological polar surface area (TPSA) is 188 Å². The lowest BCUT2D eigenvalue weighted by atomic mass is 9.85. The summed E-state index contributed by atoms with van der Waals surface area (Å²) in [7, 11) is -4.39. The Labute approximate surface area is 174 Å². The molecule has 30 heavy (non-hydrogen) atoms. The van der Waals surface area contributed by atoms with Gasteiger partial charge in [-0.15, -0.1) is 0 Å². The molecular formula is C18H27N3O8S. The second-order valence-corrected chi connectivity index (χ2v) is 8.49. The van der Waals surface area contributed by atoms with E-state index in [9.17, 15) is 27.9 Å². The fraction of sp³-hybridized carbons (Fsp3) is 0.500. The molecule has 0 aliphatic carbocycles. The van der Waals surface area contributed by atoms with Crippen molar-refractivity contribution in [1.82, 2.24) is 4.72 Å². The van der Waals surface area contributed by atoms with E-state index in [0.29, 0.717) is 18.4 Å². The summed E-state index contributed by atoms with van der Waals surface area (Å²) in [5.41, 5.74) is 5.51. The van der Waals surface area contributed by atoms with Crippen molar-refractivity contribution in [2.75, 3.05) is 12.4 Å². The molecule has 6 N–H and O–H groups in total. The van der Waals surface area contributed by atoms with Crippen molar-refractivity contribution in [3.63, 3.8) is 0 Å². The number of carboxylic acids is 1. The van der Waals surface area contributed by atoms with Gasteiger partial charge in [-0.05, 0) is 18.9 Å². The van der Waals surface area contributed by atoms with E-state index in [1.807, 2.05) is 6.92 Å². The van der Waals surface area contributed by atoms with Crippen LogP contribution in [0.5, 0.6) is 0 Å². The van der Waals surface area contributed by atoms with Gasteiger partial charge in [-0.3, -0.25) is 0 Å². The van der Waals surface area contributed by atoms with Crippen LogP contribution < -0.4 is 16.2 Å². The van der Waals surface area contributed by atoms with E-state index in [1.165, 1.54) is 6.92 Å². The molecule has 168 valence electrons. The SMILES string of the molecule is CCCCOC(=O)C(N)(N)[C@](NS(=O)(=O)CC)(C(=O)O)C(=O)OCc1ccccc1. The Morgan fingerprint density at radius 1 is 1.07 bits per heavy atom. The lowest BCUT2D eigenvalue weighted by Crippen LogP contribution is -2.83. The van der Waals surface area contributed by atoms with E-state index in [4.69, 9.17) is 20.9 Å². The van der Waals surface area contributed by atoms with Gasteiger partial charge in [0.1, 0.15) is 6.61 Å². The third-order valence-corrected chi connectivity index (χ3v) is 5.59. The van der Waals surface area contributed by atoms with E-state index in [-0.39, 0.29) is 6.61 Å². The van der Waals surface area contributed by atoms with Gasteiger partial charge in [-0.25, -0.2) is 22.8 Å². The van der Waals surface area contributed by atoms with Crippen LogP contribution in [0.15, 0.2) is 30.3 Å². The lowest BCUT2D eigenvalue weighted by Gasteiger charge is -2.38. The maximum Gasteiger partial charge on any atom is 0.344 e. The molecule has 12 heteroatoms. The van der Waals surface area contributed by atoms with E-state index in [0.717, 1.165) is 0 Å². The van der Waals surface area contributed by atoms with Crippen molar-refractivity contribution in [3.05, 3.63) is 35.9 Å². The van der Waals surface area contributed by atoms with Crippen LogP contribution in [0.2, 0.25) is 0 Å². The maximum absolute atomic E-state index is 12.9. The van der Waals surface area contributed by atoms with Gasteiger partial charge in [0, 0.05) is 0 Å². The number of nitrogens with one attached hydrogen (secondary N) is 1. The van der Waals surface area contributed by atoms with Crippen LogP contribution in [0.3, 0.4) is 0 Å². The highest BCUT2D eigenvalue weighted by atomic mass is 32.2. The van der Waals surface area contributed by atoms with Gasteiger partial charge in [-0.2, -0.15) is 4.72 Å². The van der Waals surface area contributed by atoms with Gasteiger partial charge in [0.25, 0.3) is 5.54 Å². The van der Waals surface area contributed by atoms with Gasteiger partial charge >= 0.3 is 17.9 Å². The molecular weight excluding hydrogens is 418 g/mol. The number of carboxylic acid groups (broad SMARTS) is 1. The van der Waals surface area contributed by atoms with Crippen molar-refractivity contribution in [2.24, 2.45) is 11.5 Å². The Hall–Kier alpha value is -2.54. The average Bonchev–Trinajstić information content (AvgIpc) is 2.70. The second kappa shape index (κ2) is 10.5. The Morgan fingerprint density at radius 3 is 2.17 bits per heavy atom. The zero-order chi connectivity index (χ0) is 23.0. The minimum Gasteiger partial charge on any atom is -0.479 e. The van der Waals surface area contributed by atoms with Gasteiger partial charge in [0.05, 0.1) is 12.4 Å². The lowest BCUT2D eigenvalue weighted by molar-refractivity contribution is -0.175. The van der Waals surface area contributed by atoms with E-state index >= 15 is 0 Å². The third kappa shape index (κ3) is 5.75. The van der Waals surface area contributed by atoms with E-state index in [2.05, 4.69) is 0 Å². The number of carbonyl (C=O) groups excluding carboxylic acids is 2. The molecule has 0 fully saturated rings. The van der Waals surface area contributed by atoms with Gasteiger partial charge in [-0.1, -0.05) is 43.7 Å². The monoisotopic (exact) mass is 445 g/mol. The predicted molar refractivity (Wildman–Crippen MR) is 106 cm³/mol. The van der Waals surface area contributed by atoms with Crippen LogP contribution >= 0.6 is 0 Å². The minimum absolute atomic E-state index is 0.152. The van der Waals surface area contributed by atoms with Crippen LogP contribution in [0.4, 0.5) is 0 Å². The van der Waals surface area contributed by atoms with Crippen molar-refractivity contribution in [3.8, 4) is 0 Å². The zero-order valence-corrected chi connectivity index (χ0v) is 17.6. The molecule has 0 unspecified atom stereocenters. The minimum atomic E-state index is -4.39. The first-order valence-corrected chi connectivity index (χ1v) is 10.8. The molecule has 11 nitrogen and oxygen atoms in total. The summed E-state index contributed by atoms with van der Waals surface area (Å²) in [5, 5.41) is 9.81. The molecule has 0 saturated heterocycles. The maximum atomic E-state index is 12.9. The molecule has 0 aromatic heterocycles. The molecule has 0 radical (unpaired) electrons. The summed E-state index contributed by atoms with van der Waals surface area (Å²) < 4.78 is 35.9. The first-order valence-electron chi connectivity index (χ1n) is 9.15. The highest BCUT2D eigenvalue weighted by molar-refractivity contribution is 7.89. The van der Waals surface area contributed by atoms with E-state index < -0.39 is 51.5 Å². The van der Waals surface area contributed by atoms with E-state index in [1.54, 1.807) is 35.1 Å². The van der Waals surface area contributed by atoms with Crippen LogP contribution in [-0.4, -0.2) is 55.0 Å². The molecule has 1 aromatic carbocycles.